The number of carbonyl (C=O) groups is 1. The summed E-state index contributed by atoms with van der Waals surface area (Å²) in [6.45, 7) is 4.07. The molecule has 0 aliphatic heterocycles. The number of methoxy groups -OCH3 is 2. The molecule has 0 bridgehead atoms. The molecule has 0 aliphatic carbocycles. The van der Waals surface area contributed by atoms with E-state index in [9.17, 15) is 4.79 Å². The predicted octanol–water partition coefficient (Wildman–Crippen LogP) is 3.08. The molecule has 5 nitrogen and oxygen atoms in total. The lowest BCUT2D eigenvalue weighted by Crippen LogP contribution is -2.35. The lowest BCUT2D eigenvalue weighted by Gasteiger charge is -2.21. The second-order valence-electron chi connectivity index (χ2n) is 5.06. The summed E-state index contributed by atoms with van der Waals surface area (Å²) in [5.74, 6) is 1.34. The second kappa shape index (κ2) is 7.26. The molecule has 0 radical (unpaired) electrons. The molecule has 1 heterocycles. The highest BCUT2D eigenvalue weighted by Crippen LogP contribution is 2.23. The molecule has 0 fully saturated rings. The van der Waals surface area contributed by atoms with Crippen LogP contribution in [0.4, 0.5) is 0 Å². The molecule has 6 heteroatoms. The molecule has 0 spiro atoms. The molecular formula is C16H20N2O3S. The number of rotatable bonds is 6. The van der Waals surface area contributed by atoms with Crippen molar-refractivity contribution in [2.45, 2.75) is 25.8 Å². The number of nitrogens with one attached hydrogen (secondary N) is 1. The molecule has 2 rings (SSSR count). The zero-order valence-electron chi connectivity index (χ0n) is 13.1. The van der Waals surface area contributed by atoms with Crippen molar-refractivity contribution in [1.29, 1.82) is 0 Å². The molecule has 1 aromatic carbocycles. The van der Waals surface area contributed by atoms with Gasteiger partial charge < -0.3 is 14.8 Å². The van der Waals surface area contributed by atoms with Gasteiger partial charge in [0.1, 0.15) is 10.6 Å². The molecule has 2 aromatic rings. The van der Waals surface area contributed by atoms with Gasteiger partial charge in [-0.2, -0.15) is 4.37 Å². The number of benzene rings is 1. The largest absolute Gasteiger partial charge is 0.497 e. The Morgan fingerprint density at radius 2 is 1.86 bits per heavy atom. The van der Waals surface area contributed by atoms with Crippen molar-refractivity contribution in [3.05, 3.63) is 40.8 Å². The first kappa shape index (κ1) is 16.3. The van der Waals surface area contributed by atoms with Gasteiger partial charge >= 0.3 is 0 Å². The summed E-state index contributed by atoms with van der Waals surface area (Å²) in [7, 11) is 3.18. The highest BCUT2D eigenvalue weighted by atomic mass is 32.1. The van der Waals surface area contributed by atoms with Gasteiger partial charge in [0.05, 0.1) is 14.2 Å². The summed E-state index contributed by atoms with van der Waals surface area (Å²) in [6, 6.07) is 9.52. The third-order valence-corrected chi connectivity index (χ3v) is 4.44. The Morgan fingerprint density at radius 3 is 2.41 bits per heavy atom. The zero-order valence-corrected chi connectivity index (χ0v) is 13.9. The van der Waals surface area contributed by atoms with Crippen molar-refractivity contribution < 1.29 is 14.3 Å². The van der Waals surface area contributed by atoms with Crippen LogP contribution in [0.5, 0.6) is 11.6 Å². The molecular weight excluding hydrogens is 300 g/mol. The van der Waals surface area contributed by atoms with Crippen molar-refractivity contribution in [3.8, 4) is 11.6 Å². The summed E-state index contributed by atoms with van der Waals surface area (Å²) in [6.07, 6.45) is 0. The van der Waals surface area contributed by atoms with E-state index in [-0.39, 0.29) is 17.9 Å². The van der Waals surface area contributed by atoms with Gasteiger partial charge in [-0.3, -0.25) is 4.79 Å². The van der Waals surface area contributed by atoms with Gasteiger partial charge in [-0.15, -0.1) is 0 Å². The van der Waals surface area contributed by atoms with Crippen molar-refractivity contribution in [3.63, 3.8) is 0 Å². The number of carbonyl (C=O) groups excluding carboxylic acids is 1. The Balaban J connectivity index is 2.00. The zero-order chi connectivity index (χ0) is 16.1. The SMILES string of the molecule is COc1ccc(C(C)C(C)NC(=O)c2cc(OC)ns2)cc1. The average molecular weight is 320 g/mol. The van der Waals surface area contributed by atoms with Gasteiger partial charge in [0.25, 0.3) is 5.91 Å². The van der Waals surface area contributed by atoms with Gasteiger partial charge in [-0.1, -0.05) is 19.1 Å². The van der Waals surface area contributed by atoms with Gasteiger partial charge in [0, 0.05) is 18.0 Å². The van der Waals surface area contributed by atoms with E-state index in [0.29, 0.717) is 10.8 Å². The van der Waals surface area contributed by atoms with E-state index in [2.05, 4.69) is 16.6 Å². The van der Waals surface area contributed by atoms with Crippen molar-refractivity contribution in [2.75, 3.05) is 14.2 Å². The smallest absolute Gasteiger partial charge is 0.263 e. The number of hydrogen-bond donors (Lipinski definition) is 1. The maximum atomic E-state index is 12.2. The van der Waals surface area contributed by atoms with Crippen LogP contribution < -0.4 is 14.8 Å². The Bertz CT molecular complexity index is 625. The lowest BCUT2D eigenvalue weighted by molar-refractivity contribution is 0.0939. The quantitative estimate of drug-likeness (QED) is 0.888. The number of nitrogens with zero attached hydrogens (tertiary/aromatic N) is 1. The maximum absolute atomic E-state index is 12.2. The molecule has 2 unspecified atom stereocenters. The topological polar surface area (TPSA) is 60.5 Å². The molecule has 1 aromatic heterocycles. The fourth-order valence-electron chi connectivity index (χ4n) is 2.06. The van der Waals surface area contributed by atoms with Crippen LogP contribution in [0.1, 0.15) is 35.0 Å². The van der Waals surface area contributed by atoms with Crippen LogP contribution in [0.25, 0.3) is 0 Å². The maximum Gasteiger partial charge on any atom is 0.263 e. The summed E-state index contributed by atoms with van der Waals surface area (Å²) in [5, 5.41) is 3.01. The fraction of sp³-hybridized carbons (Fsp3) is 0.375. The minimum absolute atomic E-state index is 0.00557. The van der Waals surface area contributed by atoms with Gasteiger partial charge in [-0.25, -0.2) is 0 Å². The van der Waals surface area contributed by atoms with Crippen LogP contribution >= 0.6 is 11.5 Å². The van der Waals surface area contributed by atoms with E-state index >= 15 is 0 Å². The molecule has 1 amide bonds. The van der Waals surface area contributed by atoms with Gasteiger partial charge in [-0.05, 0) is 36.2 Å². The number of ether oxygens (including phenoxy) is 2. The lowest BCUT2D eigenvalue weighted by atomic mass is 9.94. The molecule has 0 saturated carbocycles. The van der Waals surface area contributed by atoms with E-state index in [4.69, 9.17) is 9.47 Å². The minimum atomic E-state index is -0.131. The number of hydrogen-bond acceptors (Lipinski definition) is 5. The van der Waals surface area contributed by atoms with Gasteiger partial charge in [0.15, 0.2) is 0 Å². The second-order valence-corrected chi connectivity index (χ2v) is 5.86. The van der Waals surface area contributed by atoms with E-state index in [1.165, 1.54) is 7.11 Å². The predicted molar refractivity (Wildman–Crippen MR) is 87.0 cm³/mol. The Morgan fingerprint density at radius 1 is 1.18 bits per heavy atom. The van der Waals surface area contributed by atoms with Crippen molar-refractivity contribution in [1.82, 2.24) is 9.69 Å². The fourth-order valence-corrected chi connectivity index (χ4v) is 2.67. The van der Waals surface area contributed by atoms with Crippen LogP contribution in [0, 0.1) is 0 Å². The highest BCUT2D eigenvalue weighted by molar-refractivity contribution is 7.08. The summed E-state index contributed by atoms with van der Waals surface area (Å²) in [4.78, 5) is 12.8. The van der Waals surface area contributed by atoms with Gasteiger partial charge in [0.2, 0.25) is 5.88 Å². The summed E-state index contributed by atoms with van der Waals surface area (Å²) < 4.78 is 14.2. The van der Waals surface area contributed by atoms with Crippen molar-refractivity contribution in [2.24, 2.45) is 0 Å². The Labute approximate surface area is 134 Å². The van der Waals surface area contributed by atoms with Crippen molar-refractivity contribution >= 4 is 17.4 Å². The Hall–Kier alpha value is -2.08. The minimum Gasteiger partial charge on any atom is -0.497 e. The normalized spacial score (nSPS) is 13.3. The molecule has 0 saturated heterocycles. The van der Waals surface area contributed by atoms with E-state index in [1.54, 1.807) is 13.2 Å². The number of amides is 1. The third-order valence-electron chi connectivity index (χ3n) is 3.67. The monoisotopic (exact) mass is 320 g/mol. The van der Waals surface area contributed by atoms with Crippen LogP contribution in [-0.2, 0) is 0 Å². The van der Waals surface area contributed by atoms with Crippen LogP contribution in [0.15, 0.2) is 30.3 Å². The number of aromatic nitrogens is 1. The first-order chi connectivity index (χ1) is 10.5. The van der Waals surface area contributed by atoms with E-state index in [1.807, 2.05) is 31.2 Å². The van der Waals surface area contributed by atoms with E-state index < -0.39 is 0 Å². The highest BCUT2D eigenvalue weighted by Gasteiger charge is 2.19. The first-order valence-electron chi connectivity index (χ1n) is 7.00. The molecule has 22 heavy (non-hydrogen) atoms. The third kappa shape index (κ3) is 3.76. The van der Waals surface area contributed by atoms with Crippen LogP contribution in [0.3, 0.4) is 0 Å². The standard InChI is InChI=1S/C16H20N2O3S/c1-10(12-5-7-13(20-3)8-6-12)11(2)17-16(19)14-9-15(21-4)18-22-14/h5-11H,1-4H3,(H,17,19). The first-order valence-corrected chi connectivity index (χ1v) is 7.78. The van der Waals surface area contributed by atoms with E-state index in [0.717, 1.165) is 22.8 Å². The summed E-state index contributed by atoms with van der Waals surface area (Å²) >= 11 is 1.13. The summed E-state index contributed by atoms with van der Waals surface area (Å²) in [5.41, 5.74) is 1.15. The molecule has 0 aliphatic rings. The molecule has 1 N–H and O–H groups in total. The van der Waals surface area contributed by atoms with Crippen LogP contribution in [-0.4, -0.2) is 30.5 Å². The molecule has 118 valence electrons. The molecule has 2 atom stereocenters. The van der Waals surface area contributed by atoms with Crippen LogP contribution in [0.2, 0.25) is 0 Å². The average Bonchev–Trinajstić information content (AvgIpc) is 3.03. The Kier molecular flexibility index (Phi) is 5.38.